The zero-order chi connectivity index (χ0) is 21.2. The quantitative estimate of drug-likeness (QED) is 0.544. The van der Waals surface area contributed by atoms with Crippen molar-refractivity contribution in [3.63, 3.8) is 0 Å². The van der Waals surface area contributed by atoms with E-state index in [9.17, 15) is 4.79 Å². The van der Waals surface area contributed by atoms with Gasteiger partial charge in [-0.15, -0.1) is 0 Å². The number of carbonyl (C=O) groups is 1. The van der Waals surface area contributed by atoms with Crippen LogP contribution in [0.25, 0.3) is 10.8 Å². The van der Waals surface area contributed by atoms with Gasteiger partial charge in [0.1, 0.15) is 5.75 Å². The predicted octanol–water partition coefficient (Wildman–Crippen LogP) is 4.71. The molecular weight excluding hydrogens is 390 g/mol. The van der Waals surface area contributed by atoms with Gasteiger partial charge in [-0.25, -0.2) is 0 Å². The van der Waals surface area contributed by atoms with Crippen molar-refractivity contribution in [2.24, 2.45) is 5.92 Å². The van der Waals surface area contributed by atoms with E-state index in [1.165, 1.54) is 5.56 Å². The van der Waals surface area contributed by atoms with Crippen LogP contribution in [0.3, 0.4) is 0 Å². The molecule has 5 heteroatoms. The number of hydrogen-bond donors (Lipinski definition) is 0. The number of ketones is 1. The fourth-order valence-corrected chi connectivity index (χ4v) is 4.60. The lowest BCUT2D eigenvalue weighted by Gasteiger charge is -2.32. The number of rotatable bonds is 6. The van der Waals surface area contributed by atoms with Crippen LogP contribution in [0, 0.1) is 5.92 Å². The highest BCUT2D eigenvalue weighted by molar-refractivity contribution is 6.01. The minimum absolute atomic E-state index is 0.0567. The maximum atomic E-state index is 13.2. The molecule has 5 nitrogen and oxygen atoms in total. The molecule has 0 aromatic heterocycles. The molecule has 5 rings (SSSR count). The minimum atomic E-state index is 0.0567. The molecule has 1 atom stereocenters. The number of fused-ring (bicyclic) bond motifs is 2. The van der Waals surface area contributed by atoms with Gasteiger partial charge in [-0.2, -0.15) is 0 Å². The van der Waals surface area contributed by atoms with Crippen LogP contribution in [-0.2, 0) is 6.42 Å². The maximum Gasteiger partial charge on any atom is 0.231 e. The van der Waals surface area contributed by atoms with Crippen LogP contribution in [0.4, 0.5) is 0 Å². The van der Waals surface area contributed by atoms with E-state index in [1.807, 2.05) is 42.5 Å². The molecule has 1 saturated heterocycles. The molecule has 2 aliphatic heterocycles. The predicted molar refractivity (Wildman–Crippen MR) is 120 cm³/mol. The topological polar surface area (TPSA) is 48.0 Å². The summed E-state index contributed by atoms with van der Waals surface area (Å²) in [6, 6.07) is 18.1. The van der Waals surface area contributed by atoms with E-state index in [4.69, 9.17) is 14.2 Å². The largest absolute Gasteiger partial charge is 0.497 e. The lowest BCUT2D eigenvalue weighted by atomic mass is 9.89. The number of methoxy groups -OCH3 is 1. The third kappa shape index (κ3) is 4.23. The number of piperidine rings is 1. The van der Waals surface area contributed by atoms with Crippen LogP contribution in [-0.4, -0.2) is 44.2 Å². The molecule has 3 aromatic rings. The second-order valence-electron chi connectivity index (χ2n) is 8.37. The van der Waals surface area contributed by atoms with Crippen molar-refractivity contribution in [2.45, 2.75) is 19.3 Å². The van der Waals surface area contributed by atoms with E-state index in [-0.39, 0.29) is 11.7 Å². The third-order valence-corrected chi connectivity index (χ3v) is 6.36. The first-order valence-electron chi connectivity index (χ1n) is 10.9. The zero-order valence-electron chi connectivity index (χ0n) is 17.8. The number of Topliss-reactive ketones (excluding diaryl/α,β-unsaturated/α-hetero) is 1. The van der Waals surface area contributed by atoms with Gasteiger partial charge < -0.3 is 19.1 Å². The second-order valence-corrected chi connectivity index (χ2v) is 8.37. The van der Waals surface area contributed by atoms with Gasteiger partial charge in [-0.05, 0) is 72.5 Å². The van der Waals surface area contributed by atoms with Crippen molar-refractivity contribution in [1.82, 2.24) is 4.90 Å². The molecule has 31 heavy (non-hydrogen) atoms. The highest BCUT2D eigenvalue weighted by Gasteiger charge is 2.26. The highest BCUT2D eigenvalue weighted by Crippen LogP contribution is 2.33. The number of hydrogen-bond acceptors (Lipinski definition) is 5. The number of nitrogens with zero attached hydrogens (tertiary/aromatic N) is 1. The molecule has 2 heterocycles. The first-order chi connectivity index (χ1) is 15.2. The summed E-state index contributed by atoms with van der Waals surface area (Å²) in [4.78, 5) is 15.7. The summed E-state index contributed by atoms with van der Waals surface area (Å²) in [5, 5.41) is 2.16. The normalized spacial score (nSPS) is 18.3. The molecular formula is C26H27NO4. The highest BCUT2D eigenvalue weighted by atomic mass is 16.7. The number of likely N-dealkylation sites (tertiary alicyclic amines) is 1. The molecule has 3 aromatic carbocycles. The van der Waals surface area contributed by atoms with E-state index >= 15 is 0 Å². The number of carbonyl (C=O) groups excluding carboxylic acids is 1. The summed E-state index contributed by atoms with van der Waals surface area (Å²) in [7, 11) is 1.67. The van der Waals surface area contributed by atoms with Crippen LogP contribution >= 0.6 is 0 Å². The Balaban J connectivity index is 1.23. The van der Waals surface area contributed by atoms with Gasteiger partial charge in [0.15, 0.2) is 17.3 Å². The van der Waals surface area contributed by atoms with Crippen molar-refractivity contribution in [1.29, 1.82) is 0 Å². The summed E-state index contributed by atoms with van der Waals surface area (Å²) in [5.74, 6) is 2.79. The van der Waals surface area contributed by atoms with Gasteiger partial charge in [0, 0.05) is 24.6 Å². The Morgan fingerprint density at radius 2 is 1.87 bits per heavy atom. The Morgan fingerprint density at radius 3 is 2.77 bits per heavy atom. The average molecular weight is 418 g/mol. The van der Waals surface area contributed by atoms with Crippen molar-refractivity contribution >= 4 is 16.6 Å². The van der Waals surface area contributed by atoms with Crippen LogP contribution in [0.5, 0.6) is 17.2 Å². The molecule has 1 fully saturated rings. The Kier molecular flexibility index (Phi) is 5.51. The van der Waals surface area contributed by atoms with Crippen LogP contribution < -0.4 is 14.2 Å². The van der Waals surface area contributed by atoms with Gasteiger partial charge in [0.2, 0.25) is 6.79 Å². The van der Waals surface area contributed by atoms with E-state index < -0.39 is 0 Å². The van der Waals surface area contributed by atoms with Gasteiger partial charge in [0.25, 0.3) is 0 Å². The maximum absolute atomic E-state index is 13.2. The van der Waals surface area contributed by atoms with Crippen molar-refractivity contribution in [3.8, 4) is 17.2 Å². The molecule has 1 unspecified atom stereocenters. The standard InChI is InChI=1S/C26H27NO4/c1-29-23-8-7-19-14-21(6-5-20(19)15-23)26(28)22-3-2-11-27(16-22)12-10-18-4-9-24-25(13-18)31-17-30-24/h4-9,13-15,22H,2-3,10-12,16-17H2,1H3. The van der Waals surface area contributed by atoms with E-state index in [0.717, 1.165) is 72.5 Å². The Hall–Kier alpha value is -3.05. The first kappa shape index (κ1) is 19.9. The third-order valence-electron chi connectivity index (χ3n) is 6.36. The molecule has 0 N–H and O–H groups in total. The lowest BCUT2D eigenvalue weighted by Crippen LogP contribution is -2.39. The summed E-state index contributed by atoms with van der Waals surface area (Å²) in [6.45, 7) is 3.12. The number of ether oxygens (including phenoxy) is 3. The Labute approximate surface area is 182 Å². The molecule has 0 amide bonds. The molecule has 160 valence electrons. The van der Waals surface area contributed by atoms with Crippen LogP contribution in [0.2, 0.25) is 0 Å². The van der Waals surface area contributed by atoms with Crippen molar-refractivity contribution in [2.75, 3.05) is 33.5 Å². The second kappa shape index (κ2) is 8.60. The summed E-state index contributed by atoms with van der Waals surface area (Å²) in [5.41, 5.74) is 2.04. The molecule has 0 spiro atoms. The summed E-state index contributed by atoms with van der Waals surface area (Å²) >= 11 is 0. The Bertz CT molecular complexity index is 1110. The number of benzene rings is 3. The fourth-order valence-electron chi connectivity index (χ4n) is 4.60. The van der Waals surface area contributed by atoms with Crippen molar-refractivity contribution in [3.05, 3.63) is 65.7 Å². The molecule has 0 radical (unpaired) electrons. The minimum Gasteiger partial charge on any atom is -0.497 e. The molecule has 2 aliphatic rings. The first-order valence-corrected chi connectivity index (χ1v) is 10.9. The monoisotopic (exact) mass is 417 g/mol. The summed E-state index contributed by atoms with van der Waals surface area (Å²) < 4.78 is 16.2. The summed E-state index contributed by atoms with van der Waals surface area (Å²) in [6.07, 6.45) is 2.96. The van der Waals surface area contributed by atoms with Gasteiger partial charge in [0.05, 0.1) is 7.11 Å². The van der Waals surface area contributed by atoms with Gasteiger partial charge >= 0.3 is 0 Å². The lowest BCUT2D eigenvalue weighted by molar-refractivity contribution is 0.0821. The van der Waals surface area contributed by atoms with Crippen molar-refractivity contribution < 1.29 is 19.0 Å². The van der Waals surface area contributed by atoms with E-state index in [0.29, 0.717) is 6.79 Å². The average Bonchev–Trinajstić information content (AvgIpc) is 3.29. The smallest absolute Gasteiger partial charge is 0.231 e. The molecule has 0 bridgehead atoms. The Morgan fingerprint density at radius 1 is 1.03 bits per heavy atom. The SMILES string of the molecule is COc1ccc2cc(C(=O)C3CCCN(CCc4ccc5c(c4)OCO5)C3)ccc2c1. The van der Waals surface area contributed by atoms with Crippen LogP contribution in [0.15, 0.2) is 54.6 Å². The molecule has 0 aliphatic carbocycles. The van der Waals surface area contributed by atoms with E-state index in [1.54, 1.807) is 7.11 Å². The molecule has 0 saturated carbocycles. The fraction of sp³-hybridized carbons (Fsp3) is 0.346. The van der Waals surface area contributed by atoms with Gasteiger partial charge in [-0.3, -0.25) is 4.79 Å². The van der Waals surface area contributed by atoms with Gasteiger partial charge in [-0.1, -0.05) is 24.3 Å². The zero-order valence-corrected chi connectivity index (χ0v) is 17.8. The van der Waals surface area contributed by atoms with E-state index in [2.05, 4.69) is 17.0 Å². The van der Waals surface area contributed by atoms with Crippen LogP contribution in [0.1, 0.15) is 28.8 Å².